The summed E-state index contributed by atoms with van der Waals surface area (Å²) in [5.74, 6) is 3.66. The molecule has 1 aliphatic carbocycles. The molecule has 0 radical (unpaired) electrons. The van der Waals surface area contributed by atoms with E-state index in [1.165, 1.54) is 69.1 Å². The van der Waals surface area contributed by atoms with Crippen LogP contribution in [0.25, 0.3) is 0 Å². The largest absolute Gasteiger partial charge is 0.379 e. The lowest BCUT2D eigenvalue weighted by atomic mass is 9.86. The molecule has 1 spiro atoms. The van der Waals surface area contributed by atoms with Gasteiger partial charge in [0.05, 0.1) is 25.3 Å². The Morgan fingerprint density at radius 1 is 1.12 bits per heavy atom. The number of nitrogens with one attached hydrogen (secondary N) is 1. The molecule has 0 bridgehead atoms. The molecule has 6 heteroatoms. The number of likely N-dealkylation sites (tertiary alicyclic amines) is 1. The summed E-state index contributed by atoms with van der Waals surface area (Å²) in [5, 5.41) is 3.60. The molecule has 1 atom stereocenters. The molecular formula is C20H36N4OS. The molecular weight excluding hydrogens is 344 g/mol. The number of aliphatic imine (C=N–C) groups is 1. The second-order valence-corrected chi connectivity index (χ2v) is 9.78. The molecule has 4 aliphatic rings. The van der Waals surface area contributed by atoms with Crippen molar-refractivity contribution in [2.24, 2.45) is 10.4 Å². The monoisotopic (exact) mass is 380 g/mol. The summed E-state index contributed by atoms with van der Waals surface area (Å²) in [7, 11) is 0. The first-order valence-electron chi connectivity index (χ1n) is 10.7. The minimum Gasteiger partial charge on any atom is -0.379 e. The van der Waals surface area contributed by atoms with Crippen molar-refractivity contribution < 1.29 is 4.74 Å². The van der Waals surface area contributed by atoms with Gasteiger partial charge in [-0.1, -0.05) is 12.8 Å². The molecule has 3 aliphatic heterocycles. The third kappa shape index (κ3) is 3.88. The van der Waals surface area contributed by atoms with E-state index < -0.39 is 0 Å². The van der Waals surface area contributed by atoms with Gasteiger partial charge in [-0.05, 0) is 43.8 Å². The van der Waals surface area contributed by atoms with Crippen LogP contribution in [0.1, 0.15) is 45.4 Å². The van der Waals surface area contributed by atoms with Crippen molar-refractivity contribution in [3.63, 3.8) is 0 Å². The van der Waals surface area contributed by atoms with Gasteiger partial charge >= 0.3 is 0 Å². The molecule has 4 fully saturated rings. The maximum absolute atomic E-state index is 5.60. The summed E-state index contributed by atoms with van der Waals surface area (Å²) >= 11 is 2.10. The van der Waals surface area contributed by atoms with Gasteiger partial charge in [-0.2, -0.15) is 11.8 Å². The van der Waals surface area contributed by atoms with Crippen LogP contribution in [0.15, 0.2) is 4.99 Å². The van der Waals surface area contributed by atoms with Crippen LogP contribution in [0.3, 0.4) is 0 Å². The topological polar surface area (TPSA) is 40.1 Å². The lowest BCUT2D eigenvalue weighted by Crippen LogP contribution is -2.56. The average Bonchev–Trinajstić information content (AvgIpc) is 3.43. The smallest absolute Gasteiger partial charge is 0.193 e. The van der Waals surface area contributed by atoms with E-state index in [0.29, 0.717) is 5.41 Å². The zero-order chi connectivity index (χ0) is 17.9. The summed E-state index contributed by atoms with van der Waals surface area (Å²) in [6, 6.07) is 0. The minimum absolute atomic E-state index is 0.250. The van der Waals surface area contributed by atoms with Crippen LogP contribution in [-0.2, 0) is 4.74 Å². The van der Waals surface area contributed by atoms with Crippen LogP contribution in [0.4, 0.5) is 0 Å². The highest BCUT2D eigenvalue weighted by atomic mass is 32.2. The van der Waals surface area contributed by atoms with Crippen molar-refractivity contribution in [1.29, 1.82) is 0 Å². The highest BCUT2D eigenvalue weighted by Gasteiger charge is 2.43. The van der Waals surface area contributed by atoms with E-state index in [4.69, 9.17) is 9.73 Å². The maximum Gasteiger partial charge on any atom is 0.193 e. The molecule has 3 heterocycles. The van der Waals surface area contributed by atoms with Crippen LogP contribution < -0.4 is 5.32 Å². The second-order valence-electron chi connectivity index (χ2n) is 8.68. The Morgan fingerprint density at radius 2 is 1.92 bits per heavy atom. The van der Waals surface area contributed by atoms with Crippen LogP contribution in [-0.4, -0.2) is 85.3 Å². The zero-order valence-electron chi connectivity index (χ0n) is 16.5. The van der Waals surface area contributed by atoms with Crippen molar-refractivity contribution in [2.45, 2.75) is 51.0 Å². The van der Waals surface area contributed by atoms with E-state index in [1.807, 2.05) is 0 Å². The second kappa shape index (κ2) is 8.27. The number of hydrogen-bond donors (Lipinski definition) is 1. The van der Waals surface area contributed by atoms with Crippen molar-refractivity contribution in [3.8, 4) is 0 Å². The molecule has 148 valence electrons. The fourth-order valence-corrected chi connectivity index (χ4v) is 6.87. The molecule has 5 nitrogen and oxygen atoms in total. The standard InChI is InChI=1S/C20H36N4OS/c1-2-21-18(23-9-7-19(16-23)5-3-4-6-19)22-15-20(8-14-26-17-20)24-10-12-25-13-11-24/h2-17H2,1H3,(H,21,22). The van der Waals surface area contributed by atoms with Crippen molar-refractivity contribution >= 4 is 17.7 Å². The van der Waals surface area contributed by atoms with Crippen molar-refractivity contribution in [1.82, 2.24) is 15.1 Å². The van der Waals surface area contributed by atoms with Gasteiger partial charge in [-0.15, -0.1) is 0 Å². The molecule has 4 rings (SSSR count). The van der Waals surface area contributed by atoms with E-state index in [1.54, 1.807) is 0 Å². The average molecular weight is 381 g/mol. The van der Waals surface area contributed by atoms with E-state index in [0.717, 1.165) is 39.4 Å². The third-order valence-corrected chi connectivity index (χ3v) is 8.26. The van der Waals surface area contributed by atoms with Crippen LogP contribution in [0, 0.1) is 5.41 Å². The lowest BCUT2D eigenvalue weighted by Gasteiger charge is -2.42. The van der Waals surface area contributed by atoms with E-state index in [-0.39, 0.29) is 5.54 Å². The summed E-state index contributed by atoms with van der Waals surface area (Å²) in [6.45, 7) is 10.4. The summed E-state index contributed by atoms with van der Waals surface area (Å²) < 4.78 is 5.60. The SMILES string of the molecule is CCNC(=NCC1(N2CCOCC2)CCSC1)N1CCC2(CCCC2)C1. The summed E-state index contributed by atoms with van der Waals surface area (Å²) in [5.41, 5.74) is 0.848. The number of morpholine rings is 1. The number of guanidine groups is 1. The Bertz CT molecular complexity index is 494. The Hall–Kier alpha value is -0.460. The zero-order valence-corrected chi connectivity index (χ0v) is 17.3. The molecule has 26 heavy (non-hydrogen) atoms. The normalized spacial score (nSPS) is 32.7. The molecule has 1 unspecified atom stereocenters. The van der Waals surface area contributed by atoms with Crippen LogP contribution in [0.2, 0.25) is 0 Å². The Balaban J connectivity index is 1.46. The fraction of sp³-hybridized carbons (Fsp3) is 0.950. The summed E-state index contributed by atoms with van der Waals surface area (Å²) in [4.78, 5) is 10.4. The van der Waals surface area contributed by atoms with Crippen LogP contribution in [0.5, 0.6) is 0 Å². The fourth-order valence-electron chi connectivity index (χ4n) is 5.41. The Labute approximate surface area is 163 Å². The van der Waals surface area contributed by atoms with Crippen molar-refractivity contribution in [2.75, 3.05) is 64.0 Å². The first-order chi connectivity index (χ1) is 12.8. The van der Waals surface area contributed by atoms with E-state index in [2.05, 4.69) is 33.8 Å². The van der Waals surface area contributed by atoms with Crippen LogP contribution >= 0.6 is 11.8 Å². The van der Waals surface area contributed by atoms with Gasteiger partial charge in [0.2, 0.25) is 0 Å². The van der Waals surface area contributed by atoms with Gasteiger partial charge in [0.25, 0.3) is 0 Å². The van der Waals surface area contributed by atoms with Gasteiger partial charge in [0.15, 0.2) is 5.96 Å². The van der Waals surface area contributed by atoms with Gasteiger partial charge in [-0.25, -0.2) is 0 Å². The summed E-state index contributed by atoms with van der Waals surface area (Å²) in [6.07, 6.45) is 8.35. The number of nitrogens with zero attached hydrogens (tertiary/aromatic N) is 3. The molecule has 0 aromatic heterocycles. The lowest BCUT2D eigenvalue weighted by molar-refractivity contribution is -0.0105. The highest BCUT2D eigenvalue weighted by molar-refractivity contribution is 7.99. The number of ether oxygens (including phenoxy) is 1. The quantitative estimate of drug-likeness (QED) is 0.599. The number of thioether (sulfide) groups is 1. The van der Waals surface area contributed by atoms with E-state index in [9.17, 15) is 0 Å². The maximum atomic E-state index is 5.60. The van der Waals surface area contributed by atoms with Crippen molar-refractivity contribution in [3.05, 3.63) is 0 Å². The first-order valence-corrected chi connectivity index (χ1v) is 11.8. The molecule has 0 amide bonds. The molecule has 0 aromatic rings. The Morgan fingerprint density at radius 3 is 2.62 bits per heavy atom. The number of rotatable bonds is 4. The predicted octanol–water partition coefficient (Wildman–Crippen LogP) is 2.43. The predicted molar refractivity (Wildman–Crippen MR) is 110 cm³/mol. The molecule has 1 N–H and O–H groups in total. The molecule has 1 saturated carbocycles. The molecule has 0 aromatic carbocycles. The minimum atomic E-state index is 0.250. The van der Waals surface area contributed by atoms with E-state index >= 15 is 0 Å². The van der Waals surface area contributed by atoms with Gasteiger partial charge in [0, 0.05) is 38.5 Å². The highest BCUT2D eigenvalue weighted by Crippen LogP contribution is 2.45. The molecule has 3 saturated heterocycles. The Kier molecular flexibility index (Phi) is 6.01. The first kappa shape index (κ1) is 18.9. The number of hydrogen-bond acceptors (Lipinski definition) is 4. The van der Waals surface area contributed by atoms with Gasteiger partial charge < -0.3 is 15.0 Å². The van der Waals surface area contributed by atoms with Gasteiger partial charge in [0.1, 0.15) is 0 Å². The van der Waals surface area contributed by atoms with Gasteiger partial charge in [-0.3, -0.25) is 9.89 Å². The third-order valence-electron chi connectivity index (χ3n) is 7.02.